The van der Waals surface area contributed by atoms with Crippen LogP contribution in [0.2, 0.25) is 0 Å². The first-order valence-corrected chi connectivity index (χ1v) is 6.41. The van der Waals surface area contributed by atoms with Crippen molar-refractivity contribution in [1.82, 2.24) is 0 Å². The van der Waals surface area contributed by atoms with Gasteiger partial charge in [-0.25, -0.2) is 0 Å². The van der Waals surface area contributed by atoms with Crippen molar-refractivity contribution in [3.05, 3.63) is 0 Å². The van der Waals surface area contributed by atoms with E-state index < -0.39 is 0 Å². The Morgan fingerprint density at radius 1 is 0.400 bits per heavy atom. The molecule has 0 aromatic carbocycles. The lowest BCUT2D eigenvalue weighted by Gasteiger charge is -2.00. The lowest BCUT2D eigenvalue weighted by atomic mass is 10.1. The summed E-state index contributed by atoms with van der Waals surface area (Å²) >= 11 is 0. The standard InChI is InChI=1S/C13H28.2ClH/c1-3-5-7-9-11-13-12-10-8-6-4-2;;/h3-13H2,1-2H3;2*1H. The topological polar surface area (TPSA) is 0 Å². The van der Waals surface area contributed by atoms with Crippen LogP contribution < -0.4 is 0 Å². The predicted octanol–water partition coefficient (Wildman–Crippen LogP) is 6.16. The van der Waals surface area contributed by atoms with E-state index in [-0.39, 0.29) is 24.8 Å². The highest BCUT2D eigenvalue weighted by Crippen LogP contribution is 2.10. The first-order chi connectivity index (χ1) is 6.41. The Balaban J connectivity index is -0.000000720. The molecule has 0 fully saturated rings. The summed E-state index contributed by atoms with van der Waals surface area (Å²) < 4.78 is 0. The number of hydrogen-bond acceptors (Lipinski definition) is 0. The van der Waals surface area contributed by atoms with Crippen LogP contribution in [0.5, 0.6) is 0 Å². The van der Waals surface area contributed by atoms with Crippen molar-refractivity contribution in [2.45, 2.75) is 84.5 Å². The van der Waals surface area contributed by atoms with E-state index in [0.717, 1.165) is 0 Å². The van der Waals surface area contributed by atoms with E-state index in [1.165, 1.54) is 70.6 Å². The maximum absolute atomic E-state index is 2.28. The minimum atomic E-state index is 0. The quantitative estimate of drug-likeness (QED) is 0.411. The number of halogens is 2. The minimum absolute atomic E-state index is 0. The summed E-state index contributed by atoms with van der Waals surface area (Å²) in [5, 5.41) is 0. The highest BCUT2D eigenvalue weighted by Gasteiger charge is 1.90. The average molecular weight is 257 g/mol. The molecule has 0 aliphatic rings. The molecule has 0 rings (SSSR count). The molecule has 0 unspecified atom stereocenters. The Kier molecular flexibility index (Phi) is 28.0. The van der Waals surface area contributed by atoms with Gasteiger partial charge in [-0.2, -0.15) is 0 Å². The lowest BCUT2D eigenvalue weighted by Crippen LogP contribution is -1.80. The van der Waals surface area contributed by atoms with E-state index in [1.54, 1.807) is 0 Å². The van der Waals surface area contributed by atoms with Crippen molar-refractivity contribution < 1.29 is 0 Å². The van der Waals surface area contributed by atoms with Gasteiger partial charge in [0.05, 0.1) is 0 Å². The van der Waals surface area contributed by atoms with E-state index in [9.17, 15) is 0 Å². The van der Waals surface area contributed by atoms with E-state index in [2.05, 4.69) is 13.8 Å². The van der Waals surface area contributed by atoms with Crippen molar-refractivity contribution in [2.24, 2.45) is 0 Å². The molecule has 0 nitrogen and oxygen atoms in total. The van der Waals surface area contributed by atoms with Gasteiger partial charge in [0, 0.05) is 0 Å². The van der Waals surface area contributed by atoms with Gasteiger partial charge < -0.3 is 0 Å². The van der Waals surface area contributed by atoms with E-state index in [1.807, 2.05) is 0 Å². The van der Waals surface area contributed by atoms with Gasteiger partial charge in [0.15, 0.2) is 0 Å². The summed E-state index contributed by atoms with van der Waals surface area (Å²) in [6.45, 7) is 4.56. The predicted molar refractivity (Wildman–Crippen MR) is 76.6 cm³/mol. The molecule has 0 saturated carbocycles. The molecule has 0 heterocycles. The second-order valence-electron chi connectivity index (χ2n) is 4.18. The van der Waals surface area contributed by atoms with Crippen LogP contribution in [0.3, 0.4) is 0 Å². The number of unbranched alkanes of at least 4 members (excludes halogenated alkanes) is 10. The molecule has 0 N–H and O–H groups in total. The molecule has 2 heteroatoms. The molecular formula is C13H30Cl2. The lowest BCUT2D eigenvalue weighted by molar-refractivity contribution is 0.554. The Morgan fingerprint density at radius 2 is 0.600 bits per heavy atom. The van der Waals surface area contributed by atoms with Gasteiger partial charge in [0.2, 0.25) is 0 Å². The second-order valence-corrected chi connectivity index (χ2v) is 4.18. The molecule has 0 radical (unpaired) electrons. The Bertz CT molecular complexity index is 74.6. The van der Waals surface area contributed by atoms with Crippen LogP contribution in [0.4, 0.5) is 0 Å². The minimum Gasteiger partial charge on any atom is -0.147 e. The third-order valence-corrected chi connectivity index (χ3v) is 2.71. The van der Waals surface area contributed by atoms with Crippen LogP contribution in [-0.4, -0.2) is 0 Å². The van der Waals surface area contributed by atoms with Gasteiger partial charge in [-0.1, -0.05) is 84.5 Å². The fourth-order valence-electron chi connectivity index (χ4n) is 1.74. The van der Waals surface area contributed by atoms with Crippen LogP contribution in [0, 0.1) is 0 Å². The Labute approximate surface area is 109 Å². The fraction of sp³-hybridized carbons (Fsp3) is 1.00. The van der Waals surface area contributed by atoms with Gasteiger partial charge in [0.1, 0.15) is 0 Å². The zero-order chi connectivity index (χ0) is 9.78. The Hall–Kier alpha value is 0.580. The van der Waals surface area contributed by atoms with Crippen LogP contribution in [0.15, 0.2) is 0 Å². The highest BCUT2D eigenvalue weighted by molar-refractivity contribution is 5.85. The average Bonchev–Trinajstić information content (AvgIpc) is 2.16. The van der Waals surface area contributed by atoms with E-state index in [0.29, 0.717) is 0 Å². The van der Waals surface area contributed by atoms with Crippen molar-refractivity contribution in [1.29, 1.82) is 0 Å². The molecule has 0 bridgehead atoms. The number of hydrogen-bond donors (Lipinski definition) is 0. The summed E-state index contributed by atoms with van der Waals surface area (Å²) in [5.41, 5.74) is 0. The summed E-state index contributed by atoms with van der Waals surface area (Å²) in [6.07, 6.45) is 15.9. The van der Waals surface area contributed by atoms with Crippen molar-refractivity contribution >= 4 is 24.8 Å². The van der Waals surface area contributed by atoms with Crippen LogP contribution in [0.25, 0.3) is 0 Å². The highest BCUT2D eigenvalue weighted by atomic mass is 35.5. The monoisotopic (exact) mass is 256 g/mol. The summed E-state index contributed by atoms with van der Waals surface area (Å²) in [6, 6.07) is 0. The van der Waals surface area contributed by atoms with Crippen LogP contribution in [-0.2, 0) is 0 Å². The third-order valence-electron chi connectivity index (χ3n) is 2.71. The molecule has 0 atom stereocenters. The van der Waals surface area contributed by atoms with Gasteiger partial charge in [-0.05, 0) is 0 Å². The smallest absolute Gasteiger partial charge is 0.0533 e. The maximum atomic E-state index is 2.28. The largest absolute Gasteiger partial charge is 0.147 e. The SMILES string of the molecule is CCCCCCCCCCCCC.Cl.Cl. The second kappa shape index (κ2) is 20.1. The molecule has 0 aliphatic heterocycles. The van der Waals surface area contributed by atoms with Gasteiger partial charge in [0.25, 0.3) is 0 Å². The van der Waals surface area contributed by atoms with Crippen molar-refractivity contribution in [3.8, 4) is 0 Å². The van der Waals surface area contributed by atoms with Gasteiger partial charge in [-0.15, -0.1) is 24.8 Å². The van der Waals surface area contributed by atoms with Crippen molar-refractivity contribution in [2.75, 3.05) is 0 Å². The van der Waals surface area contributed by atoms with Crippen LogP contribution in [0.1, 0.15) is 84.5 Å². The van der Waals surface area contributed by atoms with E-state index >= 15 is 0 Å². The van der Waals surface area contributed by atoms with Crippen molar-refractivity contribution in [3.63, 3.8) is 0 Å². The number of rotatable bonds is 10. The summed E-state index contributed by atoms with van der Waals surface area (Å²) in [5.74, 6) is 0. The van der Waals surface area contributed by atoms with Gasteiger partial charge in [-0.3, -0.25) is 0 Å². The Morgan fingerprint density at radius 3 is 0.800 bits per heavy atom. The third kappa shape index (κ3) is 20.6. The molecule has 0 aromatic rings. The maximum Gasteiger partial charge on any atom is -0.0533 e. The summed E-state index contributed by atoms with van der Waals surface area (Å²) in [7, 11) is 0. The first-order valence-electron chi connectivity index (χ1n) is 6.41. The molecule has 0 aliphatic carbocycles. The molecule has 15 heavy (non-hydrogen) atoms. The molecule has 0 saturated heterocycles. The van der Waals surface area contributed by atoms with E-state index in [4.69, 9.17) is 0 Å². The summed E-state index contributed by atoms with van der Waals surface area (Å²) in [4.78, 5) is 0. The molecule has 0 spiro atoms. The zero-order valence-corrected chi connectivity index (χ0v) is 12.2. The fourth-order valence-corrected chi connectivity index (χ4v) is 1.74. The van der Waals surface area contributed by atoms with Crippen LogP contribution >= 0.6 is 24.8 Å². The molecular weight excluding hydrogens is 227 g/mol. The first kappa shape index (κ1) is 20.9. The molecule has 0 aromatic heterocycles. The normalized spacial score (nSPS) is 9.20. The molecule has 0 amide bonds. The van der Waals surface area contributed by atoms with Gasteiger partial charge >= 0.3 is 0 Å². The zero-order valence-electron chi connectivity index (χ0n) is 10.6. The molecule has 96 valence electrons.